The number of alkyl halides is 3. The van der Waals surface area contributed by atoms with Crippen molar-refractivity contribution >= 4 is 18.0 Å². The van der Waals surface area contributed by atoms with Crippen molar-refractivity contribution in [1.29, 1.82) is 0 Å². The van der Waals surface area contributed by atoms with E-state index in [2.05, 4.69) is 9.97 Å². The summed E-state index contributed by atoms with van der Waals surface area (Å²) in [5, 5.41) is 8.45. The second-order valence-corrected chi connectivity index (χ2v) is 4.02. The number of carboxylic acid groups (broad SMARTS) is 1. The van der Waals surface area contributed by atoms with Gasteiger partial charge in [0.25, 0.3) is 0 Å². The van der Waals surface area contributed by atoms with Crippen LogP contribution in [0.5, 0.6) is 0 Å². The van der Waals surface area contributed by atoms with Crippen molar-refractivity contribution in [3.8, 4) is 0 Å². The molecule has 0 aliphatic rings. The lowest BCUT2D eigenvalue weighted by atomic mass is 10.3. The quantitative estimate of drug-likeness (QED) is 0.814. The van der Waals surface area contributed by atoms with E-state index in [0.29, 0.717) is 12.0 Å². The molecule has 0 saturated heterocycles. The second kappa shape index (κ2) is 6.88. The van der Waals surface area contributed by atoms with E-state index < -0.39 is 18.7 Å². The Kier molecular flexibility index (Phi) is 5.48. The van der Waals surface area contributed by atoms with Crippen molar-refractivity contribution < 1.29 is 23.1 Å². The van der Waals surface area contributed by atoms with Gasteiger partial charge in [0.15, 0.2) is 0 Å². The first-order valence-electron chi connectivity index (χ1n) is 5.86. The zero-order valence-corrected chi connectivity index (χ0v) is 10.8. The lowest BCUT2D eigenvalue weighted by Gasteiger charge is -2.23. The zero-order chi connectivity index (χ0) is 15.2. The standard InChI is InChI=1S/C12H14F3N3O2/c1-2-5-18(8-12(13,14)15)11-16-6-9(7-17-11)3-4-10(19)20/h3-4,6-7H,2,5,8H2,1H3,(H,19,20)/b4-3+. The van der Waals surface area contributed by atoms with Gasteiger partial charge in [-0.3, -0.25) is 0 Å². The summed E-state index contributed by atoms with van der Waals surface area (Å²) in [5.41, 5.74) is 0.402. The molecule has 0 saturated carbocycles. The molecule has 110 valence electrons. The number of carbonyl (C=O) groups is 1. The van der Waals surface area contributed by atoms with Gasteiger partial charge in [-0.05, 0) is 12.5 Å². The Balaban J connectivity index is 2.85. The number of rotatable bonds is 6. The summed E-state index contributed by atoms with van der Waals surface area (Å²) in [6.07, 6.45) is 0.917. The molecular weight excluding hydrogens is 275 g/mol. The molecule has 0 amide bonds. The monoisotopic (exact) mass is 289 g/mol. The minimum Gasteiger partial charge on any atom is -0.478 e. The van der Waals surface area contributed by atoms with Crippen LogP contribution in [0.4, 0.5) is 19.1 Å². The molecule has 5 nitrogen and oxygen atoms in total. The summed E-state index contributed by atoms with van der Waals surface area (Å²) in [4.78, 5) is 19.0. The summed E-state index contributed by atoms with van der Waals surface area (Å²) in [5.74, 6) is -1.16. The topological polar surface area (TPSA) is 66.3 Å². The molecular formula is C12H14F3N3O2. The van der Waals surface area contributed by atoms with E-state index in [-0.39, 0.29) is 12.5 Å². The largest absolute Gasteiger partial charge is 0.478 e. The SMILES string of the molecule is CCCN(CC(F)(F)F)c1ncc(/C=C/C(=O)O)cn1. The van der Waals surface area contributed by atoms with Crippen LogP contribution in [0.2, 0.25) is 0 Å². The van der Waals surface area contributed by atoms with Gasteiger partial charge in [-0.15, -0.1) is 0 Å². The van der Waals surface area contributed by atoms with Gasteiger partial charge in [0, 0.05) is 30.6 Å². The fourth-order valence-electron chi connectivity index (χ4n) is 1.48. The first kappa shape index (κ1) is 15.9. The van der Waals surface area contributed by atoms with E-state index in [1.165, 1.54) is 18.5 Å². The van der Waals surface area contributed by atoms with Crippen LogP contribution in [-0.2, 0) is 4.79 Å². The van der Waals surface area contributed by atoms with Crippen molar-refractivity contribution in [2.45, 2.75) is 19.5 Å². The lowest BCUT2D eigenvalue weighted by Crippen LogP contribution is -2.36. The summed E-state index contributed by atoms with van der Waals surface area (Å²) >= 11 is 0. The molecule has 0 atom stereocenters. The highest BCUT2D eigenvalue weighted by Gasteiger charge is 2.31. The van der Waals surface area contributed by atoms with E-state index in [9.17, 15) is 18.0 Å². The maximum absolute atomic E-state index is 12.4. The van der Waals surface area contributed by atoms with Crippen LogP contribution in [0.1, 0.15) is 18.9 Å². The van der Waals surface area contributed by atoms with Gasteiger partial charge in [0.2, 0.25) is 5.95 Å². The molecule has 1 aromatic heterocycles. The Bertz CT molecular complexity index is 472. The first-order valence-corrected chi connectivity index (χ1v) is 5.86. The van der Waals surface area contributed by atoms with E-state index in [1.807, 2.05) is 0 Å². The van der Waals surface area contributed by atoms with Crippen LogP contribution >= 0.6 is 0 Å². The molecule has 0 fully saturated rings. The highest BCUT2D eigenvalue weighted by Crippen LogP contribution is 2.19. The van der Waals surface area contributed by atoms with Gasteiger partial charge < -0.3 is 10.0 Å². The molecule has 0 bridgehead atoms. The van der Waals surface area contributed by atoms with Gasteiger partial charge in [0.05, 0.1) is 0 Å². The average Bonchev–Trinajstić information content (AvgIpc) is 2.35. The van der Waals surface area contributed by atoms with E-state index >= 15 is 0 Å². The average molecular weight is 289 g/mol. The number of anilines is 1. The molecule has 0 radical (unpaired) electrons. The Morgan fingerprint density at radius 1 is 1.40 bits per heavy atom. The molecule has 20 heavy (non-hydrogen) atoms. The highest BCUT2D eigenvalue weighted by molar-refractivity contribution is 5.85. The molecule has 0 aliphatic carbocycles. The predicted octanol–water partition coefficient (Wildman–Crippen LogP) is 2.35. The van der Waals surface area contributed by atoms with Crippen LogP contribution in [0, 0.1) is 0 Å². The number of halogens is 3. The first-order chi connectivity index (χ1) is 9.31. The normalized spacial score (nSPS) is 11.8. The summed E-state index contributed by atoms with van der Waals surface area (Å²) in [6.45, 7) is 0.822. The summed E-state index contributed by atoms with van der Waals surface area (Å²) in [7, 11) is 0. The maximum Gasteiger partial charge on any atom is 0.406 e. The van der Waals surface area contributed by atoms with Gasteiger partial charge in [0.1, 0.15) is 6.54 Å². The highest BCUT2D eigenvalue weighted by atomic mass is 19.4. The summed E-state index contributed by atoms with van der Waals surface area (Å²) in [6, 6.07) is 0. The zero-order valence-electron chi connectivity index (χ0n) is 10.8. The molecule has 0 spiro atoms. The predicted molar refractivity (Wildman–Crippen MR) is 67.3 cm³/mol. The molecule has 8 heteroatoms. The third-order valence-electron chi connectivity index (χ3n) is 2.22. The molecule has 1 aromatic rings. The minimum absolute atomic E-state index is 0.0309. The number of aromatic nitrogens is 2. The van der Waals surface area contributed by atoms with E-state index in [4.69, 9.17) is 5.11 Å². The molecule has 0 aliphatic heterocycles. The molecule has 0 unspecified atom stereocenters. The van der Waals surface area contributed by atoms with Gasteiger partial charge in [-0.1, -0.05) is 6.92 Å². The minimum atomic E-state index is -4.33. The fraction of sp³-hybridized carbons (Fsp3) is 0.417. The van der Waals surface area contributed by atoms with Crippen LogP contribution in [0.25, 0.3) is 6.08 Å². The smallest absolute Gasteiger partial charge is 0.406 e. The van der Waals surface area contributed by atoms with Gasteiger partial charge >= 0.3 is 12.1 Å². The van der Waals surface area contributed by atoms with Crippen molar-refractivity contribution in [3.63, 3.8) is 0 Å². The Labute approximate surface area is 113 Å². The number of hydrogen-bond acceptors (Lipinski definition) is 4. The van der Waals surface area contributed by atoms with Gasteiger partial charge in [-0.2, -0.15) is 13.2 Å². The number of carboxylic acids is 1. The number of nitrogens with zero attached hydrogens (tertiary/aromatic N) is 3. The fourth-order valence-corrected chi connectivity index (χ4v) is 1.48. The Hall–Kier alpha value is -2.12. The Morgan fingerprint density at radius 2 is 2.00 bits per heavy atom. The number of hydrogen-bond donors (Lipinski definition) is 1. The maximum atomic E-state index is 12.4. The van der Waals surface area contributed by atoms with E-state index in [1.54, 1.807) is 6.92 Å². The van der Waals surface area contributed by atoms with Crippen molar-refractivity contribution in [2.75, 3.05) is 18.0 Å². The molecule has 1 heterocycles. The molecule has 0 aromatic carbocycles. The van der Waals surface area contributed by atoms with Crippen molar-refractivity contribution in [3.05, 3.63) is 24.0 Å². The lowest BCUT2D eigenvalue weighted by molar-refractivity contribution is -0.131. The molecule has 1 N–H and O–H groups in total. The van der Waals surface area contributed by atoms with Crippen molar-refractivity contribution in [1.82, 2.24) is 9.97 Å². The third-order valence-corrected chi connectivity index (χ3v) is 2.22. The second-order valence-electron chi connectivity index (χ2n) is 4.02. The van der Waals surface area contributed by atoms with Crippen LogP contribution in [-0.4, -0.2) is 40.3 Å². The summed E-state index contributed by atoms with van der Waals surface area (Å²) < 4.78 is 37.3. The number of aliphatic carboxylic acids is 1. The van der Waals surface area contributed by atoms with Crippen LogP contribution in [0.3, 0.4) is 0 Å². The van der Waals surface area contributed by atoms with Gasteiger partial charge in [-0.25, -0.2) is 14.8 Å². The van der Waals surface area contributed by atoms with Crippen LogP contribution < -0.4 is 4.90 Å². The van der Waals surface area contributed by atoms with Crippen molar-refractivity contribution in [2.24, 2.45) is 0 Å². The Morgan fingerprint density at radius 3 is 2.45 bits per heavy atom. The van der Waals surface area contributed by atoms with Crippen LogP contribution in [0.15, 0.2) is 18.5 Å². The van der Waals surface area contributed by atoms with E-state index in [0.717, 1.165) is 11.0 Å². The molecule has 1 rings (SSSR count). The third kappa shape index (κ3) is 5.68.